The van der Waals surface area contributed by atoms with Crippen molar-refractivity contribution in [3.63, 3.8) is 0 Å². The van der Waals surface area contributed by atoms with E-state index in [2.05, 4.69) is 27.0 Å². The van der Waals surface area contributed by atoms with Gasteiger partial charge in [0.2, 0.25) is 0 Å². The van der Waals surface area contributed by atoms with Gasteiger partial charge in [-0.3, -0.25) is 0 Å². The molecular formula is C9H17Cl. The summed E-state index contributed by atoms with van der Waals surface area (Å²) in [5.41, 5.74) is 1.02. The molecule has 0 fully saturated rings. The van der Waals surface area contributed by atoms with Crippen molar-refractivity contribution in [2.75, 3.05) is 5.88 Å². The van der Waals surface area contributed by atoms with Gasteiger partial charge in [0.25, 0.3) is 0 Å². The van der Waals surface area contributed by atoms with Crippen LogP contribution in [0.2, 0.25) is 0 Å². The Balaban J connectivity index is 0. The van der Waals surface area contributed by atoms with Gasteiger partial charge in [-0.1, -0.05) is 38.7 Å². The SMILES string of the molecule is C=CC(=C)C.CC(C)CCl. The van der Waals surface area contributed by atoms with E-state index < -0.39 is 0 Å². The van der Waals surface area contributed by atoms with Crippen molar-refractivity contribution in [1.82, 2.24) is 0 Å². The standard InChI is InChI=1S/C5H8.C4H9Cl/c1-4-5(2)3;1-4(2)3-5/h4H,1-2H2,3H3;4H,3H2,1-2H3. The van der Waals surface area contributed by atoms with Crippen LogP contribution in [0.3, 0.4) is 0 Å². The van der Waals surface area contributed by atoms with Crippen LogP contribution in [0.1, 0.15) is 20.8 Å². The van der Waals surface area contributed by atoms with Crippen LogP contribution in [0.5, 0.6) is 0 Å². The molecule has 0 aromatic carbocycles. The summed E-state index contributed by atoms with van der Waals surface area (Å²) in [5.74, 6) is 1.43. The molecule has 1 heteroatoms. The zero-order chi connectivity index (χ0) is 8.57. The van der Waals surface area contributed by atoms with Crippen LogP contribution < -0.4 is 0 Å². The summed E-state index contributed by atoms with van der Waals surface area (Å²) in [6, 6.07) is 0. The Morgan fingerprint density at radius 3 is 1.80 bits per heavy atom. The minimum Gasteiger partial charge on any atom is -0.126 e. The molecule has 0 saturated heterocycles. The van der Waals surface area contributed by atoms with Crippen molar-refractivity contribution < 1.29 is 0 Å². The fraction of sp³-hybridized carbons (Fsp3) is 0.556. The number of rotatable bonds is 2. The maximum atomic E-state index is 5.34. The quantitative estimate of drug-likeness (QED) is 0.428. The van der Waals surface area contributed by atoms with Crippen molar-refractivity contribution in [2.45, 2.75) is 20.8 Å². The van der Waals surface area contributed by atoms with Gasteiger partial charge in [0.15, 0.2) is 0 Å². The highest BCUT2D eigenvalue weighted by Crippen LogP contribution is 1.91. The third kappa shape index (κ3) is 25.1. The van der Waals surface area contributed by atoms with Crippen LogP contribution in [0, 0.1) is 5.92 Å². The summed E-state index contributed by atoms with van der Waals surface area (Å²) >= 11 is 5.34. The third-order valence-corrected chi connectivity index (χ3v) is 1.27. The molecule has 0 rings (SSSR count). The van der Waals surface area contributed by atoms with Crippen molar-refractivity contribution in [3.05, 3.63) is 24.8 Å². The highest BCUT2D eigenvalue weighted by molar-refractivity contribution is 6.17. The van der Waals surface area contributed by atoms with Gasteiger partial charge in [0.05, 0.1) is 0 Å². The molecule has 0 amide bonds. The van der Waals surface area contributed by atoms with Crippen molar-refractivity contribution in [2.24, 2.45) is 5.92 Å². The van der Waals surface area contributed by atoms with Gasteiger partial charge in [-0.05, 0) is 12.8 Å². The lowest BCUT2D eigenvalue weighted by atomic mass is 10.3. The van der Waals surface area contributed by atoms with Crippen LogP contribution in [0.15, 0.2) is 24.8 Å². The summed E-state index contributed by atoms with van der Waals surface area (Å²) < 4.78 is 0. The van der Waals surface area contributed by atoms with E-state index >= 15 is 0 Å². The molecule has 0 aromatic rings. The molecule has 0 saturated carbocycles. The largest absolute Gasteiger partial charge is 0.126 e. The van der Waals surface area contributed by atoms with Gasteiger partial charge in [0, 0.05) is 5.88 Å². The predicted octanol–water partition coefficient (Wildman–Crippen LogP) is 3.63. The molecule has 0 aliphatic rings. The lowest BCUT2D eigenvalue weighted by Gasteiger charge is -1.88. The number of alkyl halides is 1. The van der Waals surface area contributed by atoms with E-state index in [1.54, 1.807) is 6.08 Å². The summed E-state index contributed by atoms with van der Waals surface area (Å²) in [5, 5.41) is 0. The number of allylic oxidation sites excluding steroid dienone is 2. The van der Waals surface area contributed by atoms with Crippen LogP contribution in [-0.2, 0) is 0 Å². The lowest BCUT2D eigenvalue weighted by Crippen LogP contribution is -1.83. The maximum Gasteiger partial charge on any atom is 0.0246 e. The minimum absolute atomic E-state index is 0.650. The molecule has 0 heterocycles. The minimum atomic E-state index is 0.650. The van der Waals surface area contributed by atoms with Crippen molar-refractivity contribution >= 4 is 11.6 Å². The summed E-state index contributed by atoms with van der Waals surface area (Å²) in [4.78, 5) is 0. The van der Waals surface area contributed by atoms with Crippen molar-refractivity contribution in [1.29, 1.82) is 0 Å². The first kappa shape index (κ1) is 12.4. The molecule has 60 valence electrons. The maximum absolute atomic E-state index is 5.34. The van der Waals surface area contributed by atoms with Crippen LogP contribution in [0.4, 0.5) is 0 Å². The van der Waals surface area contributed by atoms with E-state index in [1.165, 1.54) is 0 Å². The van der Waals surface area contributed by atoms with E-state index in [4.69, 9.17) is 11.6 Å². The molecule has 0 atom stereocenters. The van der Waals surface area contributed by atoms with E-state index in [-0.39, 0.29) is 0 Å². The van der Waals surface area contributed by atoms with Gasteiger partial charge >= 0.3 is 0 Å². The Bertz CT molecular complexity index is 92.9. The highest BCUT2D eigenvalue weighted by Gasteiger charge is 1.82. The molecule has 0 aliphatic carbocycles. The second kappa shape index (κ2) is 8.77. The molecule has 0 unspecified atom stereocenters. The Morgan fingerprint density at radius 1 is 1.60 bits per heavy atom. The zero-order valence-corrected chi connectivity index (χ0v) is 7.91. The molecule has 0 N–H and O–H groups in total. The molecular weight excluding hydrogens is 144 g/mol. The van der Waals surface area contributed by atoms with Crippen LogP contribution in [-0.4, -0.2) is 5.88 Å². The smallest absolute Gasteiger partial charge is 0.0246 e. The highest BCUT2D eigenvalue weighted by atomic mass is 35.5. The van der Waals surface area contributed by atoms with E-state index in [1.807, 2.05) is 6.92 Å². The van der Waals surface area contributed by atoms with E-state index in [9.17, 15) is 0 Å². The molecule has 0 radical (unpaired) electrons. The Labute approximate surface area is 69.6 Å². The number of halogens is 1. The average Bonchev–Trinajstić information content (AvgIpc) is 1.89. The molecule has 0 spiro atoms. The molecule has 0 aromatic heterocycles. The lowest BCUT2D eigenvalue weighted by molar-refractivity contribution is 0.745. The van der Waals surface area contributed by atoms with Gasteiger partial charge in [-0.15, -0.1) is 11.6 Å². The van der Waals surface area contributed by atoms with E-state index in [0.717, 1.165) is 11.5 Å². The van der Waals surface area contributed by atoms with Gasteiger partial charge in [-0.2, -0.15) is 0 Å². The second-order valence-corrected chi connectivity index (χ2v) is 2.91. The molecule has 0 aliphatic heterocycles. The fourth-order valence-electron chi connectivity index (χ4n) is 0. The van der Waals surface area contributed by atoms with Crippen LogP contribution >= 0.6 is 11.6 Å². The van der Waals surface area contributed by atoms with Gasteiger partial charge in [0.1, 0.15) is 0 Å². The summed E-state index contributed by atoms with van der Waals surface area (Å²) in [6.45, 7) is 13.1. The first-order valence-electron chi connectivity index (χ1n) is 3.38. The Morgan fingerprint density at radius 2 is 1.80 bits per heavy atom. The molecule has 0 nitrogen and oxygen atoms in total. The zero-order valence-electron chi connectivity index (χ0n) is 7.15. The Kier molecular flexibility index (Phi) is 10.9. The third-order valence-electron chi connectivity index (χ3n) is 0.657. The Hall–Kier alpha value is -0.230. The molecule has 10 heavy (non-hydrogen) atoms. The normalized spacial score (nSPS) is 8.10. The predicted molar refractivity (Wildman–Crippen MR) is 50.6 cm³/mol. The topological polar surface area (TPSA) is 0 Å². The van der Waals surface area contributed by atoms with E-state index in [0.29, 0.717) is 5.92 Å². The number of hydrogen-bond acceptors (Lipinski definition) is 0. The molecule has 0 bridgehead atoms. The van der Waals surface area contributed by atoms with Crippen LogP contribution in [0.25, 0.3) is 0 Å². The first-order valence-corrected chi connectivity index (χ1v) is 3.92. The van der Waals surface area contributed by atoms with Gasteiger partial charge < -0.3 is 0 Å². The first-order chi connectivity index (χ1) is 4.54. The monoisotopic (exact) mass is 160 g/mol. The number of hydrogen-bond donors (Lipinski definition) is 0. The summed E-state index contributed by atoms with van der Waals surface area (Å²) in [6.07, 6.45) is 1.72. The van der Waals surface area contributed by atoms with Crippen molar-refractivity contribution in [3.8, 4) is 0 Å². The average molecular weight is 161 g/mol. The summed E-state index contributed by atoms with van der Waals surface area (Å²) in [7, 11) is 0. The second-order valence-electron chi connectivity index (χ2n) is 2.60. The van der Waals surface area contributed by atoms with Gasteiger partial charge in [-0.25, -0.2) is 0 Å². The fourth-order valence-corrected chi connectivity index (χ4v) is 0.